The minimum absolute atomic E-state index is 0.529. The van der Waals surface area contributed by atoms with Crippen molar-refractivity contribution >= 4 is 11.3 Å². The summed E-state index contributed by atoms with van der Waals surface area (Å²) in [7, 11) is 0. The summed E-state index contributed by atoms with van der Waals surface area (Å²) in [6, 6.07) is 5.50. The maximum atomic E-state index is 12.7. The lowest BCUT2D eigenvalue weighted by molar-refractivity contribution is -0.137. The van der Waals surface area contributed by atoms with Gasteiger partial charge in [-0.25, -0.2) is 0 Å². The van der Waals surface area contributed by atoms with Gasteiger partial charge in [-0.3, -0.25) is 0 Å². The number of allylic oxidation sites excluding steroid dienone is 2. The molecule has 3 rings (SSSR count). The van der Waals surface area contributed by atoms with Crippen molar-refractivity contribution in [1.29, 1.82) is 0 Å². The molecule has 1 aromatic rings. The molecule has 1 N–H and O–H groups in total. The third-order valence-corrected chi connectivity index (χ3v) is 6.70. The zero-order valence-corrected chi connectivity index (χ0v) is 13.7. The normalized spacial score (nSPS) is 23.8. The molecule has 0 aromatic heterocycles. The minimum atomic E-state index is -4.27. The molecule has 126 valence electrons. The van der Waals surface area contributed by atoms with E-state index in [0.29, 0.717) is 11.8 Å². The third-order valence-electron chi connectivity index (χ3n) is 4.25. The lowest BCUT2D eigenvalue weighted by atomic mass is 10.1. The first kappa shape index (κ1) is 16.3. The van der Waals surface area contributed by atoms with Crippen LogP contribution in [0.2, 0.25) is 0 Å². The molecule has 0 spiro atoms. The van der Waals surface area contributed by atoms with Gasteiger partial charge < -0.3 is 9.03 Å². The highest BCUT2D eigenvalue weighted by molar-refractivity contribution is 8.13. The molecule has 23 heavy (non-hydrogen) atoms. The van der Waals surface area contributed by atoms with Gasteiger partial charge in [-0.2, -0.15) is 13.2 Å². The Morgan fingerprint density at radius 2 is 1.78 bits per heavy atom. The summed E-state index contributed by atoms with van der Waals surface area (Å²) in [5.41, 5.74) is 0.308. The van der Waals surface area contributed by atoms with E-state index >= 15 is 0 Å². The number of alkyl halides is 3. The van der Waals surface area contributed by atoms with E-state index in [9.17, 15) is 13.2 Å². The Balaban J connectivity index is 1.73. The molecule has 1 aliphatic heterocycles. The quantitative estimate of drug-likeness (QED) is 0.759. The molecule has 6 heteroatoms. The Morgan fingerprint density at radius 3 is 2.43 bits per heavy atom. The number of hydrogen-bond donors (Lipinski definition) is 2. The largest absolute Gasteiger partial charge is 0.416 e. The molecule has 0 saturated heterocycles. The van der Waals surface area contributed by atoms with Crippen LogP contribution in [0.1, 0.15) is 36.8 Å². The van der Waals surface area contributed by atoms with Gasteiger partial charge in [0.2, 0.25) is 0 Å². The molecule has 1 saturated carbocycles. The number of hydrogen-bond acceptors (Lipinski definition) is 2. The second-order valence-electron chi connectivity index (χ2n) is 5.90. The van der Waals surface area contributed by atoms with Crippen LogP contribution in [-0.2, 0) is 12.7 Å². The predicted octanol–water partition coefficient (Wildman–Crippen LogP) is 4.91. The van der Waals surface area contributed by atoms with E-state index in [2.05, 4.69) is 15.2 Å². The summed E-state index contributed by atoms with van der Waals surface area (Å²) in [6.45, 7) is 0.630. The summed E-state index contributed by atoms with van der Waals surface area (Å²) in [6.07, 6.45) is 8.70. The van der Waals surface area contributed by atoms with E-state index in [-0.39, 0.29) is 0 Å². The van der Waals surface area contributed by atoms with Crippen LogP contribution in [0, 0.1) is 0 Å². The van der Waals surface area contributed by atoms with E-state index < -0.39 is 23.0 Å². The van der Waals surface area contributed by atoms with E-state index in [1.807, 2.05) is 18.4 Å². The van der Waals surface area contributed by atoms with Gasteiger partial charge in [0, 0.05) is 17.6 Å². The van der Waals surface area contributed by atoms with Crippen molar-refractivity contribution in [3.63, 3.8) is 0 Å². The molecule has 1 atom stereocenters. The molecule has 0 amide bonds. The minimum Gasteiger partial charge on any atom is -0.341 e. The monoisotopic (exact) mass is 342 g/mol. The van der Waals surface area contributed by atoms with Crippen LogP contribution in [0.25, 0.3) is 0 Å². The average Bonchev–Trinajstić information content (AvgIpc) is 2.95. The number of nitrogens with one attached hydrogen (secondary N) is 1. The van der Waals surface area contributed by atoms with Crippen molar-refractivity contribution in [3.05, 3.63) is 59.9 Å². The standard InChI is InChI=1S/C17H21F3N2S/c18-17(19,20)15-9-7-14(8-10-15)13-22-12-4-3-11-21-23(22)16-5-1-2-6-16/h3-4,7-12,16,21,23H,1-2,5-6,13H2. The SMILES string of the molecule is FC(F)(F)c1ccc(CN2C=CC=CN[SH]2C2CCCC2)cc1. The smallest absolute Gasteiger partial charge is 0.341 e. The van der Waals surface area contributed by atoms with Gasteiger partial charge in [0.1, 0.15) is 0 Å². The average molecular weight is 342 g/mol. The lowest BCUT2D eigenvalue weighted by Gasteiger charge is -2.38. The molecular formula is C17H21F3N2S. The second kappa shape index (κ2) is 6.91. The molecular weight excluding hydrogens is 321 g/mol. The Labute approximate surface area is 137 Å². The number of nitrogens with zero attached hydrogens (tertiary/aromatic N) is 1. The van der Waals surface area contributed by atoms with Crippen molar-refractivity contribution in [2.75, 3.05) is 0 Å². The highest BCUT2D eigenvalue weighted by Crippen LogP contribution is 2.43. The molecule has 0 radical (unpaired) electrons. The second-order valence-corrected chi connectivity index (χ2v) is 8.10. The van der Waals surface area contributed by atoms with Crippen molar-refractivity contribution in [3.8, 4) is 0 Å². The van der Waals surface area contributed by atoms with Crippen LogP contribution in [0.4, 0.5) is 13.2 Å². The zero-order chi connectivity index (χ0) is 16.3. The zero-order valence-electron chi connectivity index (χ0n) is 12.8. The summed E-state index contributed by atoms with van der Waals surface area (Å²) >= 11 is -0.529. The van der Waals surface area contributed by atoms with Crippen LogP contribution in [0.3, 0.4) is 0 Å². The summed E-state index contributed by atoms with van der Waals surface area (Å²) in [5.74, 6) is 0. The molecule has 2 aliphatic rings. The molecule has 1 aromatic carbocycles. The van der Waals surface area contributed by atoms with Crippen LogP contribution in [0.5, 0.6) is 0 Å². The highest BCUT2D eigenvalue weighted by Gasteiger charge is 2.30. The van der Waals surface area contributed by atoms with Crippen molar-refractivity contribution in [1.82, 2.24) is 9.03 Å². The van der Waals surface area contributed by atoms with E-state index in [4.69, 9.17) is 0 Å². The molecule has 1 unspecified atom stereocenters. The number of thiol groups is 1. The maximum absolute atomic E-state index is 12.7. The summed E-state index contributed by atoms with van der Waals surface area (Å²) in [4.78, 5) is 0. The topological polar surface area (TPSA) is 15.3 Å². The van der Waals surface area contributed by atoms with Gasteiger partial charge in [0.15, 0.2) is 0 Å². The first-order valence-electron chi connectivity index (χ1n) is 7.85. The molecule has 2 nitrogen and oxygen atoms in total. The lowest BCUT2D eigenvalue weighted by Crippen LogP contribution is -2.26. The van der Waals surface area contributed by atoms with Gasteiger partial charge in [-0.1, -0.05) is 25.0 Å². The van der Waals surface area contributed by atoms with Crippen LogP contribution < -0.4 is 4.72 Å². The van der Waals surface area contributed by atoms with Crippen molar-refractivity contribution in [2.24, 2.45) is 0 Å². The number of halogens is 3. The first-order chi connectivity index (χ1) is 11.0. The molecule has 0 bridgehead atoms. The Hall–Kier alpha value is -1.56. The van der Waals surface area contributed by atoms with Crippen LogP contribution >= 0.6 is 11.3 Å². The maximum Gasteiger partial charge on any atom is 0.416 e. The van der Waals surface area contributed by atoms with Crippen molar-refractivity contribution < 1.29 is 13.2 Å². The van der Waals surface area contributed by atoms with Gasteiger partial charge in [0.25, 0.3) is 0 Å². The fraction of sp³-hybridized carbons (Fsp3) is 0.412. The van der Waals surface area contributed by atoms with E-state index in [1.165, 1.54) is 37.8 Å². The Bertz CT molecular complexity index is 574. The molecule has 1 aliphatic carbocycles. The van der Waals surface area contributed by atoms with Gasteiger partial charge in [0.05, 0.1) is 12.1 Å². The Kier molecular flexibility index (Phi) is 4.90. The number of benzene rings is 1. The van der Waals surface area contributed by atoms with Gasteiger partial charge in [-0.05, 0) is 42.7 Å². The van der Waals surface area contributed by atoms with Crippen LogP contribution in [0.15, 0.2) is 48.8 Å². The fourth-order valence-electron chi connectivity index (χ4n) is 3.05. The van der Waals surface area contributed by atoms with Gasteiger partial charge in [-0.15, -0.1) is 11.3 Å². The Morgan fingerprint density at radius 1 is 1.09 bits per heavy atom. The molecule has 1 fully saturated rings. The number of rotatable bonds is 3. The highest BCUT2D eigenvalue weighted by atomic mass is 32.2. The fourth-order valence-corrected chi connectivity index (χ4v) is 5.46. The van der Waals surface area contributed by atoms with E-state index in [1.54, 1.807) is 12.1 Å². The third kappa shape index (κ3) is 4.05. The van der Waals surface area contributed by atoms with Crippen molar-refractivity contribution in [2.45, 2.75) is 43.7 Å². The van der Waals surface area contributed by atoms with E-state index in [0.717, 1.165) is 5.56 Å². The van der Waals surface area contributed by atoms with Crippen LogP contribution in [-0.4, -0.2) is 9.56 Å². The van der Waals surface area contributed by atoms with Gasteiger partial charge >= 0.3 is 6.18 Å². The summed E-state index contributed by atoms with van der Waals surface area (Å²) < 4.78 is 43.7. The predicted molar refractivity (Wildman–Crippen MR) is 89.6 cm³/mol. The first-order valence-corrected chi connectivity index (χ1v) is 9.22. The summed E-state index contributed by atoms with van der Waals surface area (Å²) in [5, 5.41) is 0.645. The molecule has 1 heterocycles.